The van der Waals surface area contributed by atoms with Gasteiger partial charge in [-0.3, -0.25) is 0 Å². The van der Waals surface area contributed by atoms with E-state index in [2.05, 4.69) is 40.7 Å². The Morgan fingerprint density at radius 3 is 2.55 bits per heavy atom. The minimum Gasteiger partial charge on any atom is -0.496 e. The second-order valence-electron chi connectivity index (χ2n) is 9.42. The molecule has 0 N–H and O–H groups in total. The molecule has 5 heteroatoms. The summed E-state index contributed by atoms with van der Waals surface area (Å²) in [4.78, 5) is 11.6. The molecule has 170 valence electrons. The SMILES string of the molecule is CCC[C@@H]1[C@@]2(C)O[C@@](C)(/C=C/C=C/C=C/c3oc(=O)cc(OC)c3C)C[C@]1(C)O[C@@H]2C. The molecule has 2 aliphatic rings. The second kappa shape index (κ2) is 8.79. The molecule has 0 spiro atoms. The second-order valence-corrected chi connectivity index (χ2v) is 9.42. The number of rotatable bonds is 7. The van der Waals surface area contributed by atoms with E-state index >= 15 is 0 Å². The van der Waals surface area contributed by atoms with Crippen LogP contribution in [0.5, 0.6) is 5.75 Å². The molecule has 1 aromatic rings. The summed E-state index contributed by atoms with van der Waals surface area (Å²) in [6.07, 6.45) is 14.7. The Balaban J connectivity index is 1.70. The molecular formula is C26H36O5. The number of ether oxygens (including phenoxy) is 3. The lowest BCUT2D eigenvalue weighted by atomic mass is 9.68. The molecule has 0 aliphatic carbocycles. The Kier molecular flexibility index (Phi) is 6.68. The fraction of sp³-hybridized carbons (Fsp3) is 0.577. The van der Waals surface area contributed by atoms with E-state index in [1.807, 2.05) is 31.2 Å². The van der Waals surface area contributed by atoms with Crippen LogP contribution in [0.15, 0.2) is 45.7 Å². The molecule has 2 bridgehead atoms. The summed E-state index contributed by atoms with van der Waals surface area (Å²) in [7, 11) is 1.54. The van der Waals surface area contributed by atoms with E-state index in [1.54, 1.807) is 6.08 Å². The molecule has 1 aromatic heterocycles. The lowest BCUT2D eigenvalue weighted by Gasteiger charge is -2.50. The number of hydrogen-bond donors (Lipinski definition) is 0. The zero-order valence-corrected chi connectivity index (χ0v) is 19.9. The molecule has 3 rings (SSSR count). The van der Waals surface area contributed by atoms with Crippen molar-refractivity contribution < 1.29 is 18.6 Å². The first-order valence-corrected chi connectivity index (χ1v) is 11.2. The Morgan fingerprint density at radius 2 is 1.90 bits per heavy atom. The topological polar surface area (TPSA) is 57.9 Å². The number of fused-ring (bicyclic) bond motifs is 2. The zero-order valence-electron chi connectivity index (χ0n) is 19.9. The third kappa shape index (κ3) is 4.58. The van der Waals surface area contributed by atoms with Crippen molar-refractivity contribution in [3.8, 4) is 5.75 Å². The van der Waals surface area contributed by atoms with Gasteiger partial charge in [0.05, 0.1) is 36.1 Å². The first-order chi connectivity index (χ1) is 14.6. The number of allylic oxidation sites excluding steroid dienone is 4. The summed E-state index contributed by atoms with van der Waals surface area (Å²) in [6, 6.07) is 1.35. The molecule has 3 heterocycles. The smallest absolute Gasteiger partial charge is 0.339 e. The van der Waals surface area contributed by atoms with Crippen LogP contribution in [-0.4, -0.2) is 30.0 Å². The van der Waals surface area contributed by atoms with Crippen molar-refractivity contribution in [2.75, 3.05) is 7.11 Å². The van der Waals surface area contributed by atoms with E-state index in [4.69, 9.17) is 18.6 Å². The van der Waals surface area contributed by atoms with Crippen molar-refractivity contribution >= 4 is 6.08 Å². The van der Waals surface area contributed by atoms with Crippen LogP contribution in [0.2, 0.25) is 0 Å². The summed E-state index contributed by atoms with van der Waals surface area (Å²) in [6.45, 7) is 12.8. The van der Waals surface area contributed by atoms with E-state index in [1.165, 1.54) is 13.2 Å². The molecule has 0 saturated carbocycles. The minimum atomic E-state index is -0.428. The molecule has 0 radical (unpaired) electrons. The highest BCUT2D eigenvalue weighted by Gasteiger charge is 2.64. The molecule has 2 saturated heterocycles. The van der Waals surface area contributed by atoms with Crippen LogP contribution in [0, 0.1) is 12.8 Å². The maximum Gasteiger partial charge on any atom is 0.339 e. The minimum absolute atomic E-state index is 0.0727. The number of hydrogen-bond acceptors (Lipinski definition) is 5. The third-order valence-corrected chi connectivity index (χ3v) is 6.86. The third-order valence-electron chi connectivity index (χ3n) is 6.86. The molecule has 0 amide bonds. The highest BCUT2D eigenvalue weighted by Crippen LogP contribution is 2.57. The van der Waals surface area contributed by atoms with E-state index in [0.717, 1.165) is 24.8 Å². The highest BCUT2D eigenvalue weighted by molar-refractivity contribution is 5.52. The van der Waals surface area contributed by atoms with Gasteiger partial charge in [-0.05, 0) is 47.1 Å². The van der Waals surface area contributed by atoms with Crippen molar-refractivity contribution in [1.82, 2.24) is 0 Å². The number of methoxy groups -OCH3 is 1. The van der Waals surface area contributed by atoms with Crippen LogP contribution in [0.4, 0.5) is 0 Å². The van der Waals surface area contributed by atoms with Crippen molar-refractivity contribution in [1.29, 1.82) is 0 Å². The average molecular weight is 429 g/mol. The zero-order chi connectivity index (χ0) is 22.9. The lowest BCUT2D eigenvalue weighted by molar-refractivity contribution is -0.184. The van der Waals surface area contributed by atoms with Crippen LogP contribution in [0.1, 0.15) is 65.2 Å². The van der Waals surface area contributed by atoms with Gasteiger partial charge in [0, 0.05) is 17.9 Å². The van der Waals surface area contributed by atoms with Gasteiger partial charge in [0.2, 0.25) is 0 Å². The fourth-order valence-corrected chi connectivity index (χ4v) is 5.47. The van der Waals surface area contributed by atoms with Gasteiger partial charge in [-0.2, -0.15) is 0 Å². The van der Waals surface area contributed by atoms with Crippen LogP contribution < -0.4 is 10.4 Å². The van der Waals surface area contributed by atoms with Gasteiger partial charge in [0.15, 0.2) is 0 Å². The lowest BCUT2D eigenvalue weighted by Crippen LogP contribution is -2.57. The molecule has 0 unspecified atom stereocenters. The van der Waals surface area contributed by atoms with Crippen LogP contribution in [-0.2, 0) is 9.47 Å². The Bertz CT molecular complexity index is 942. The Labute approximate surface area is 185 Å². The molecule has 31 heavy (non-hydrogen) atoms. The molecular weight excluding hydrogens is 392 g/mol. The van der Waals surface area contributed by atoms with Crippen LogP contribution in [0.3, 0.4) is 0 Å². The van der Waals surface area contributed by atoms with E-state index in [0.29, 0.717) is 17.4 Å². The maximum atomic E-state index is 11.6. The van der Waals surface area contributed by atoms with Gasteiger partial charge in [-0.25, -0.2) is 4.79 Å². The standard InChI is InChI=1S/C26H36O5/c1-8-13-22-25(5)17-24(4,31-26(22,6)19(3)30-25)15-12-10-9-11-14-20-18(2)21(28-7)16-23(27)29-20/h9-12,14-16,19,22H,8,13,17H2,1-7H3/b10-9+,14-11+,15-12+/t19-,22+,24+,25+,26+/m1/s1. The van der Waals surface area contributed by atoms with Crippen molar-refractivity contribution in [2.24, 2.45) is 5.92 Å². The van der Waals surface area contributed by atoms with Gasteiger partial charge in [-0.15, -0.1) is 0 Å². The van der Waals surface area contributed by atoms with Crippen LogP contribution >= 0.6 is 0 Å². The summed E-state index contributed by atoms with van der Waals surface area (Å²) < 4.78 is 23.6. The first-order valence-electron chi connectivity index (χ1n) is 11.2. The van der Waals surface area contributed by atoms with Crippen molar-refractivity contribution in [3.63, 3.8) is 0 Å². The predicted molar refractivity (Wildman–Crippen MR) is 123 cm³/mol. The highest BCUT2D eigenvalue weighted by atomic mass is 16.6. The van der Waals surface area contributed by atoms with Gasteiger partial charge in [0.1, 0.15) is 11.5 Å². The average Bonchev–Trinajstić information content (AvgIpc) is 2.80. The Morgan fingerprint density at radius 1 is 1.19 bits per heavy atom. The summed E-state index contributed by atoms with van der Waals surface area (Å²) >= 11 is 0. The van der Waals surface area contributed by atoms with Gasteiger partial charge in [-0.1, -0.05) is 43.7 Å². The van der Waals surface area contributed by atoms with E-state index in [9.17, 15) is 4.79 Å². The van der Waals surface area contributed by atoms with Crippen molar-refractivity contribution in [2.45, 2.75) is 83.7 Å². The predicted octanol–water partition coefficient (Wildman–Crippen LogP) is 5.61. The van der Waals surface area contributed by atoms with Gasteiger partial charge >= 0.3 is 5.63 Å². The molecule has 5 nitrogen and oxygen atoms in total. The Hall–Kier alpha value is -2.11. The quantitative estimate of drug-likeness (QED) is 0.528. The normalized spacial score (nSPS) is 35.6. The molecule has 2 fully saturated rings. The maximum absolute atomic E-state index is 11.6. The first kappa shape index (κ1) is 23.6. The summed E-state index contributed by atoms with van der Waals surface area (Å²) in [5.74, 6) is 1.42. The van der Waals surface area contributed by atoms with Gasteiger partial charge in [0.25, 0.3) is 0 Å². The molecule has 0 aromatic carbocycles. The largest absolute Gasteiger partial charge is 0.496 e. The van der Waals surface area contributed by atoms with Gasteiger partial charge < -0.3 is 18.6 Å². The molecule has 5 atom stereocenters. The van der Waals surface area contributed by atoms with E-state index < -0.39 is 5.63 Å². The molecule has 2 aliphatic heterocycles. The summed E-state index contributed by atoms with van der Waals surface area (Å²) in [5.41, 5.74) is -0.483. The summed E-state index contributed by atoms with van der Waals surface area (Å²) in [5, 5.41) is 0. The van der Waals surface area contributed by atoms with Crippen molar-refractivity contribution in [3.05, 3.63) is 58.2 Å². The fourth-order valence-electron chi connectivity index (χ4n) is 5.47. The van der Waals surface area contributed by atoms with E-state index in [-0.39, 0.29) is 22.9 Å². The monoisotopic (exact) mass is 428 g/mol. The van der Waals surface area contributed by atoms with Crippen LogP contribution in [0.25, 0.3) is 6.08 Å².